The fourth-order valence-corrected chi connectivity index (χ4v) is 8.88. The van der Waals surface area contributed by atoms with Gasteiger partial charge in [0.1, 0.15) is 11.8 Å². The van der Waals surface area contributed by atoms with Crippen LogP contribution in [-0.2, 0) is 5.41 Å². The lowest BCUT2D eigenvalue weighted by molar-refractivity contribution is 0.617. The highest BCUT2D eigenvalue weighted by atomic mass is 32.2. The van der Waals surface area contributed by atoms with Crippen molar-refractivity contribution in [1.29, 1.82) is 0 Å². The van der Waals surface area contributed by atoms with Crippen molar-refractivity contribution in [1.82, 2.24) is 9.97 Å². The molecule has 1 aliphatic heterocycles. The van der Waals surface area contributed by atoms with Gasteiger partial charge in [0.15, 0.2) is 5.82 Å². The van der Waals surface area contributed by atoms with Crippen molar-refractivity contribution in [2.24, 2.45) is 0 Å². The van der Waals surface area contributed by atoms with Gasteiger partial charge < -0.3 is 4.42 Å². The lowest BCUT2D eigenvalue weighted by Crippen LogP contribution is -2.31. The molecule has 1 spiro atoms. The smallest absolute Gasteiger partial charge is 0.160 e. The van der Waals surface area contributed by atoms with Crippen molar-refractivity contribution >= 4 is 22.7 Å². The van der Waals surface area contributed by atoms with Crippen LogP contribution < -0.4 is 0 Å². The van der Waals surface area contributed by atoms with Crippen LogP contribution in [0.2, 0.25) is 0 Å². The molecule has 3 nitrogen and oxygen atoms in total. The molecule has 0 amide bonds. The van der Waals surface area contributed by atoms with E-state index in [1.165, 1.54) is 37.6 Å². The Kier molecular flexibility index (Phi) is 5.72. The van der Waals surface area contributed by atoms with Crippen molar-refractivity contribution in [3.63, 3.8) is 0 Å². The summed E-state index contributed by atoms with van der Waals surface area (Å²) in [5.74, 6) is 0.690. The summed E-state index contributed by atoms with van der Waals surface area (Å²) >= 11 is 1.86. The van der Waals surface area contributed by atoms with Gasteiger partial charge in [-0.3, -0.25) is 0 Å². The molecule has 0 atom stereocenters. The van der Waals surface area contributed by atoms with Gasteiger partial charge in [-0.05, 0) is 46.0 Å². The van der Waals surface area contributed by atoms with Crippen LogP contribution in [0.5, 0.6) is 0 Å². The molecule has 8 aromatic rings. The van der Waals surface area contributed by atoms with Crippen molar-refractivity contribution < 1.29 is 4.42 Å². The second-order valence-corrected chi connectivity index (χ2v) is 13.2. The Labute approximate surface area is 276 Å². The summed E-state index contributed by atoms with van der Waals surface area (Å²) in [4.78, 5) is 12.7. The Hall–Kier alpha value is -5.71. The Morgan fingerprint density at radius 1 is 0.489 bits per heavy atom. The van der Waals surface area contributed by atoms with Crippen LogP contribution in [0.3, 0.4) is 0 Å². The summed E-state index contributed by atoms with van der Waals surface area (Å²) in [6, 6.07) is 53.8. The second-order valence-electron chi connectivity index (χ2n) is 12.1. The van der Waals surface area contributed by atoms with Crippen molar-refractivity contribution in [2.45, 2.75) is 15.2 Å². The largest absolute Gasteiger partial charge is 0.463 e. The first-order valence-corrected chi connectivity index (χ1v) is 16.6. The van der Waals surface area contributed by atoms with Gasteiger partial charge in [0, 0.05) is 37.4 Å². The van der Waals surface area contributed by atoms with Crippen LogP contribution in [0.15, 0.2) is 172 Å². The Morgan fingerprint density at radius 3 is 1.81 bits per heavy atom. The Bertz CT molecular complexity index is 2400. The molecule has 4 heteroatoms. The van der Waals surface area contributed by atoms with E-state index >= 15 is 0 Å². The topological polar surface area (TPSA) is 38.9 Å². The van der Waals surface area contributed by atoms with Gasteiger partial charge in [0.25, 0.3) is 0 Å². The third kappa shape index (κ3) is 3.76. The summed E-state index contributed by atoms with van der Waals surface area (Å²) in [5.41, 5.74) is 12.7. The summed E-state index contributed by atoms with van der Waals surface area (Å²) in [7, 11) is 0. The zero-order valence-electron chi connectivity index (χ0n) is 25.2. The maximum Gasteiger partial charge on any atom is 0.160 e. The number of aromatic nitrogens is 2. The number of hydrogen-bond acceptors (Lipinski definition) is 4. The average Bonchev–Trinajstić information content (AvgIpc) is 3.71. The van der Waals surface area contributed by atoms with E-state index in [2.05, 4.69) is 115 Å². The molecule has 2 aromatic heterocycles. The highest BCUT2D eigenvalue weighted by Crippen LogP contribution is 2.63. The number of rotatable bonds is 3. The molecular weight excluding hydrogens is 593 g/mol. The molecule has 0 unspecified atom stereocenters. The van der Waals surface area contributed by atoms with Crippen LogP contribution in [0, 0.1) is 0 Å². The number of hydrogen-bond donors (Lipinski definition) is 0. The van der Waals surface area contributed by atoms with Crippen LogP contribution in [-0.4, -0.2) is 9.97 Å². The van der Waals surface area contributed by atoms with E-state index < -0.39 is 5.41 Å². The molecule has 1 aliphatic carbocycles. The molecule has 0 saturated carbocycles. The van der Waals surface area contributed by atoms with E-state index in [4.69, 9.17) is 14.4 Å². The van der Waals surface area contributed by atoms with Crippen molar-refractivity contribution in [3.8, 4) is 45.0 Å². The Morgan fingerprint density at radius 2 is 1.09 bits per heavy atom. The summed E-state index contributed by atoms with van der Waals surface area (Å²) in [6.07, 6.45) is 1.88. The van der Waals surface area contributed by atoms with Gasteiger partial charge in [0.05, 0.1) is 16.8 Å². The van der Waals surface area contributed by atoms with Crippen molar-refractivity contribution in [2.75, 3.05) is 0 Å². The normalized spacial score (nSPS) is 13.6. The summed E-state index contributed by atoms with van der Waals surface area (Å²) in [5, 5.41) is 1.04. The highest BCUT2D eigenvalue weighted by molar-refractivity contribution is 7.99. The SMILES string of the molecule is c1ccc(-c2cc(-c3coc4c5c(ccc34)C3(c4ccccc4Sc4ccccc43)c3ccccc3-5)nc(-c3ccccc3)n2)cc1. The van der Waals surface area contributed by atoms with E-state index in [0.29, 0.717) is 5.82 Å². The summed E-state index contributed by atoms with van der Waals surface area (Å²) in [6.45, 7) is 0. The van der Waals surface area contributed by atoms with Crippen LogP contribution in [0.4, 0.5) is 0 Å². The molecule has 0 radical (unpaired) electrons. The van der Waals surface area contributed by atoms with E-state index in [-0.39, 0.29) is 0 Å². The van der Waals surface area contributed by atoms with Crippen LogP contribution >= 0.6 is 11.8 Å². The number of benzene rings is 6. The molecule has 2 aliphatic rings. The predicted molar refractivity (Wildman–Crippen MR) is 190 cm³/mol. The first kappa shape index (κ1) is 26.5. The minimum absolute atomic E-state index is 0.443. The number of furan rings is 1. The molecule has 220 valence electrons. The maximum absolute atomic E-state index is 6.64. The number of nitrogens with zero attached hydrogens (tertiary/aromatic N) is 2. The maximum atomic E-state index is 6.64. The molecule has 0 saturated heterocycles. The fourth-order valence-electron chi connectivity index (χ4n) is 7.68. The molecular formula is C43H26N2OS. The van der Waals surface area contributed by atoms with Gasteiger partial charge in [-0.1, -0.05) is 145 Å². The third-order valence-electron chi connectivity index (χ3n) is 9.65. The quantitative estimate of drug-likeness (QED) is 0.197. The second kappa shape index (κ2) is 10.1. The standard InChI is InChI=1S/C43H26N2OS/c1-3-13-27(14-4-1)36-25-37(45-42(44-36)28-15-5-2-6-16-28)31-26-46-41-29(31)23-24-35-40(41)30-17-7-8-18-32(30)43(35)33-19-9-11-21-38(33)47-39-22-12-10-20-34(39)43/h1-26H. The lowest BCUT2D eigenvalue weighted by atomic mass is 9.67. The monoisotopic (exact) mass is 618 g/mol. The van der Waals surface area contributed by atoms with E-state index in [9.17, 15) is 0 Å². The fraction of sp³-hybridized carbons (Fsp3) is 0.0233. The van der Waals surface area contributed by atoms with Gasteiger partial charge in [-0.15, -0.1) is 0 Å². The molecule has 47 heavy (non-hydrogen) atoms. The van der Waals surface area contributed by atoms with Gasteiger partial charge >= 0.3 is 0 Å². The zero-order valence-corrected chi connectivity index (χ0v) is 26.0. The first-order chi connectivity index (χ1) is 23.3. The van der Waals surface area contributed by atoms with Gasteiger partial charge in [-0.2, -0.15) is 0 Å². The van der Waals surface area contributed by atoms with Crippen molar-refractivity contribution in [3.05, 3.63) is 180 Å². The minimum Gasteiger partial charge on any atom is -0.463 e. The van der Waals surface area contributed by atoms with Gasteiger partial charge in [-0.25, -0.2) is 9.97 Å². The predicted octanol–water partition coefficient (Wildman–Crippen LogP) is 11.1. The third-order valence-corrected chi connectivity index (χ3v) is 10.8. The van der Waals surface area contributed by atoms with E-state index in [0.717, 1.165) is 44.6 Å². The molecule has 0 fully saturated rings. The number of fused-ring (bicyclic) bond motifs is 11. The Balaban J connectivity index is 1.25. The summed E-state index contributed by atoms with van der Waals surface area (Å²) < 4.78 is 6.64. The molecule has 6 aromatic carbocycles. The van der Waals surface area contributed by atoms with E-state index in [1.54, 1.807) is 0 Å². The van der Waals surface area contributed by atoms with E-state index in [1.807, 2.05) is 54.4 Å². The zero-order chi connectivity index (χ0) is 31.0. The molecule has 10 rings (SSSR count). The molecule has 0 bridgehead atoms. The first-order valence-electron chi connectivity index (χ1n) is 15.8. The molecule has 0 N–H and O–H groups in total. The van der Waals surface area contributed by atoms with Crippen LogP contribution in [0.1, 0.15) is 22.3 Å². The van der Waals surface area contributed by atoms with Crippen LogP contribution in [0.25, 0.3) is 56.0 Å². The average molecular weight is 619 g/mol. The van der Waals surface area contributed by atoms with Gasteiger partial charge in [0.2, 0.25) is 0 Å². The lowest BCUT2D eigenvalue weighted by Gasteiger charge is -2.39. The highest BCUT2D eigenvalue weighted by Gasteiger charge is 2.51. The molecule has 3 heterocycles. The minimum atomic E-state index is -0.443.